The molecule has 0 unspecified atom stereocenters. The van der Waals surface area contributed by atoms with Crippen LogP contribution in [0.4, 0.5) is 0 Å². The van der Waals surface area contributed by atoms with Crippen LogP contribution >= 0.6 is 0 Å². The van der Waals surface area contributed by atoms with Gasteiger partial charge in [-0.2, -0.15) is 0 Å². The van der Waals surface area contributed by atoms with Crippen molar-refractivity contribution in [3.8, 4) is 0 Å². The van der Waals surface area contributed by atoms with Gasteiger partial charge < -0.3 is 10.2 Å². The maximum Gasteiger partial charge on any atom is 0.336 e. The van der Waals surface area contributed by atoms with Crippen LogP contribution in [-0.4, -0.2) is 22.2 Å². The van der Waals surface area contributed by atoms with Crippen LogP contribution in [0.25, 0.3) is 10.8 Å². The van der Waals surface area contributed by atoms with Gasteiger partial charge in [0, 0.05) is 0 Å². The number of carbonyl (C=O) groups is 2. The van der Waals surface area contributed by atoms with Crippen LogP contribution in [0.1, 0.15) is 26.3 Å². The highest BCUT2D eigenvalue weighted by Crippen LogP contribution is 2.23. The predicted molar refractivity (Wildman–Crippen MR) is 71.8 cm³/mol. The van der Waals surface area contributed by atoms with E-state index in [0.717, 1.165) is 5.56 Å². The Kier molecular flexibility index (Phi) is 3.33. The molecule has 2 rings (SSSR count). The third kappa shape index (κ3) is 2.47. The van der Waals surface area contributed by atoms with Crippen molar-refractivity contribution in [2.75, 3.05) is 0 Å². The average Bonchev–Trinajstić information content (AvgIpc) is 2.37. The van der Waals surface area contributed by atoms with Gasteiger partial charge in [0.1, 0.15) is 0 Å². The largest absolute Gasteiger partial charge is 0.478 e. The first kappa shape index (κ1) is 12.8. The molecular formula is C15H12O4. The highest BCUT2D eigenvalue weighted by atomic mass is 16.4. The molecule has 4 nitrogen and oxygen atoms in total. The maximum atomic E-state index is 11.2. The van der Waals surface area contributed by atoms with Gasteiger partial charge >= 0.3 is 11.9 Å². The van der Waals surface area contributed by atoms with Crippen LogP contribution in [0, 0.1) is 0 Å². The number of hydrogen-bond acceptors (Lipinski definition) is 2. The fourth-order valence-electron chi connectivity index (χ4n) is 2.03. The standard InChI is InChI=1S/C15H12O4/c1-2-3-9-6-11-8-10(14(16)17)4-5-12(11)13(7-9)15(18)19/h2,4-8H,1,3H2,(H,16,17)(H,18,19). The number of carboxylic acid groups (broad SMARTS) is 2. The van der Waals surface area contributed by atoms with Gasteiger partial charge in [0.15, 0.2) is 0 Å². The van der Waals surface area contributed by atoms with Crippen molar-refractivity contribution in [1.82, 2.24) is 0 Å². The predicted octanol–water partition coefficient (Wildman–Crippen LogP) is 2.96. The van der Waals surface area contributed by atoms with E-state index < -0.39 is 11.9 Å². The van der Waals surface area contributed by atoms with Gasteiger partial charge in [0.05, 0.1) is 11.1 Å². The molecule has 0 heterocycles. The summed E-state index contributed by atoms with van der Waals surface area (Å²) in [6, 6.07) is 7.80. The molecule has 0 saturated heterocycles. The lowest BCUT2D eigenvalue weighted by atomic mass is 9.97. The van der Waals surface area contributed by atoms with E-state index in [4.69, 9.17) is 5.11 Å². The highest BCUT2D eigenvalue weighted by Gasteiger charge is 2.12. The molecular weight excluding hydrogens is 244 g/mol. The molecule has 0 aliphatic rings. The smallest absolute Gasteiger partial charge is 0.336 e. The summed E-state index contributed by atoms with van der Waals surface area (Å²) in [4.78, 5) is 22.2. The Labute approximate surface area is 109 Å². The number of allylic oxidation sites excluding steroid dienone is 1. The Balaban J connectivity index is 2.74. The Hall–Kier alpha value is -2.62. The van der Waals surface area contributed by atoms with E-state index in [9.17, 15) is 14.7 Å². The molecule has 0 saturated carbocycles. The van der Waals surface area contributed by atoms with Gasteiger partial charge in [-0.05, 0) is 41.0 Å². The minimum absolute atomic E-state index is 0.139. The SMILES string of the molecule is C=CCc1cc(C(=O)O)c2ccc(C(=O)O)cc2c1. The molecule has 0 amide bonds. The quantitative estimate of drug-likeness (QED) is 0.825. The minimum atomic E-state index is -1.03. The Morgan fingerprint density at radius 2 is 1.84 bits per heavy atom. The van der Waals surface area contributed by atoms with Gasteiger partial charge in [0.2, 0.25) is 0 Å². The lowest BCUT2D eigenvalue weighted by molar-refractivity contribution is 0.0688. The first-order chi connectivity index (χ1) is 9.02. The molecule has 2 N–H and O–H groups in total. The van der Waals surface area contributed by atoms with Crippen LogP contribution in [0.5, 0.6) is 0 Å². The number of benzene rings is 2. The zero-order valence-corrected chi connectivity index (χ0v) is 10.1. The van der Waals surface area contributed by atoms with Crippen molar-refractivity contribution in [3.63, 3.8) is 0 Å². The topological polar surface area (TPSA) is 74.6 Å². The number of fused-ring (bicyclic) bond motifs is 1. The van der Waals surface area contributed by atoms with Crippen LogP contribution in [0.2, 0.25) is 0 Å². The number of carboxylic acids is 2. The monoisotopic (exact) mass is 256 g/mol. The molecule has 0 fully saturated rings. The van der Waals surface area contributed by atoms with Crippen molar-refractivity contribution < 1.29 is 19.8 Å². The summed E-state index contributed by atoms with van der Waals surface area (Å²) in [5.41, 5.74) is 1.10. The molecule has 0 bridgehead atoms. The first-order valence-corrected chi connectivity index (χ1v) is 5.67. The zero-order chi connectivity index (χ0) is 14.0. The second-order valence-corrected chi connectivity index (χ2v) is 4.18. The molecule has 4 heteroatoms. The van der Waals surface area contributed by atoms with Gasteiger partial charge in [-0.25, -0.2) is 9.59 Å². The number of aromatic carboxylic acids is 2. The van der Waals surface area contributed by atoms with E-state index in [2.05, 4.69) is 6.58 Å². The molecule has 0 spiro atoms. The third-order valence-electron chi connectivity index (χ3n) is 2.87. The molecule has 2 aromatic carbocycles. The summed E-state index contributed by atoms with van der Waals surface area (Å²) in [6.45, 7) is 3.61. The van der Waals surface area contributed by atoms with E-state index in [1.54, 1.807) is 18.2 Å². The molecule has 0 atom stereocenters. The molecule has 0 radical (unpaired) electrons. The summed E-state index contributed by atoms with van der Waals surface area (Å²) in [5, 5.41) is 19.3. The molecule has 0 aliphatic heterocycles. The van der Waals surface area contributed by atoms with Gasteiger partial charge in [-0.3, -0.25) is 0 Å². The lowest BCUT2D eigenvalue weighted by Crippen LogP contribution is -2.01. The summed E-state index contributed by atoms with van der Waals surface area (Å²) < 4.78 is 0. The van der Waals surface area contributed by atoms with E-state index in [1.807, 2.05) is 0 Å². The summed E-state index contributed by atoms with van der Waals surface area (Å²) >= 11 is 0. The molecule has 96 valence electrons. The second-order valence-electron chi connectivity index (χ2n) is 4.18. The fraction of sp³-hybridized carbons (Fsp3) is 0.0667. The molecule has 0 aromatic heterocycles. The summed E-state index contributed by atoms with van der Waals surface area (Å²) in [7, 11) is 0. The third-order valence-corrected chi connectivity index (χ3v) is 2.87. The normalized spacial score (nSPS) is 10.3. The minimum Gasteiger partial charge on any atom is -0.478 e. The Bertz CT molecular complexity index is 686. The average molecular weight is 256 g/mol. The van der Waals surface area contributed by atoms with Crippen LogP contribution < -0.4 is 0 Å². The maximum absolute atomic E-state index is 11.2. The van der Waals surface area contributed by atoms with Crippen molar-refractivity contribution >= 4 is 22.7 Å². The Morgan fingerprint density at radius 1 is 1.11 bits per heavy atom. The second kappa shape index (κ2) is 4.94. The zero-order valence-electron chi connectivity index (χ0n) is 10.1. The van der Waals surface area contributed by atoms with Gasteiger partial charge in [-0.1, -0.05) is 18.2 Å². The van der Waals surface area contributed by atoms with Crippen LogP contribution in [0.3, 0.4) is 0 Å². The van der Waals surface area contributed by atoms with Crippen LogP contribution in [0.15, 0.2) is 43.0 Å². The van der Waals surface area contributed by atoms with Crippen molar-refractivity contribution in [3.05, 3.63) is 59.7 Å². The van der Waals surface area contributed by atoms with Gasteiger partial charge in [-0.15, -0.1) is 6.58 Å². The van der Waals surface area contributed by atoms with E-state index >= 15 is 0 Å². The molecule has 19 heavy (non-hydrogen) atoms. The number of hydrogen-bond donors (Lipinski definition) is 2. The Morgan fingerprint density at radius 3 is 2.42 bits per heavy atom. The van der Waals surface area contributed by atoms with Crippen LogP contribution in [-0.2, 0) is 6.42 Å². The molecule has 2 aromatic rings. The number of rotatable bonds is 4. The lowest BCUT2D eigenvalue weighted by Gasteiger charge is -2.07. The first-order valence-electron chi connectivity index (χ1n) is 5.67. The fourth-order valence-corrected chi connectivity index (χ4v) is 2.03. The highest BCUT2D eigenvalue weighted by molar-refractivity contribution is 6.05. The van der Waals surface area contributed by atoms with Crippen molar-refractivity contribution in [2.24, 2.45) is 0 Å². The molecule has 0 aliphatic carbocycles. The van der Waals surface area contributed by atoms with E-state index in [1.165, 1.54) is 18.2 Å². The summed E-state index contributed by atoms with van der Waals surface area (Å²) in [5.74, 6) is -2.06. The van der Waals surface area contributed by atoms with Crippen molar-refractivity contribution in [1.29, 1.82) is 0 Å². The van der Waals surface area contributed by atoms with Crippen molar-refractivity contribution in [2.45, 2.75) is 6.42 Å². The van der Waals surface area contributed by atoms with Gasteiger partial charge in [0.25, 0.3) is 0 Å². The summed E-state index contributed by atoms with van der Waals surface area (Å²) in [6.07, 6.45) is 2.21. The van der Waals surface area contributed by atoms with E-state index in [-0.39, 0.29) is 11.1 Å². The van der Waals surface area contributed by atoms with E-state index in [0.29, 0.717) is 17.2 Å².